The zero-order valence-electron chi connectivity index (χ0n) is 10.3. The number of hydrogen-bond acceptors (Lipinski definition) is 1. The Morgan fingerprint density at radius 2 is 2.00 bits per heavy atom. The lowest BCUT2D eigenvalue weighted by molar-refractivity contribution is 0.204. The highest BCUT2D eigenvalue weighted by molar-refractivity contribution is 4.82. The van der Waals surface area contributed by atoms with Gasteiger partial charge in [-0.3, -0.25) is 0 Å². The van der Waals surface area contributed by atoms with Crippen LogP contribution in [0.15, 0.2) is 0 Å². The molecule has 1 rings (SSSR count). The zero-order valence-corrected chi connectivity index (χ0v) is 10.3. The summed E-state index contributed by atoms with van der Waals surface area (Å²) in [6.45, 7) is 5.96. The number of likely N-dealkylation sites (tertiary alicyclic amines) is 1. The molecule has 0 spiro atoms. The van der Waals surface area contributed by atoms with Crippen molar-refractivity contribution in [2.24, 2.45) is 5.92 Å². The van der Waals surface area contributed by atoms with Crippen molar-refractivity contribution in [1.29, 1.82) is 0 Å². The molecular weight excluding hydrogens is 170 g/mol. The van der Waals surface area contributed by atoms with E-state index in [0.29, 0.717) is 0 Å². The predicted molar refractivity (Wildman–Crippen MR) is 63.6 cm³/mol. The molecule has 0 aromatic carbocycles. The highest BCUT2D eigenvalue weighted by Crippen LogP contribution is 2.29. The molecule has 0 aliphatic carbocycles. The molecule has 1 aliphatic rings. The molecule has 0 saturated carbocycles. The summed E-state index contributed by atoms with van der Waals surface area (Å²) >= 11 is 0. The van der Waals surface area contributed by atoms with Gasteiger partial charge in [0.25, 0.3) is 0 Å². The van der Waals surface area contributed by atoms with Crippen LogP contribution in [0, 0.1) is 5.92 Å². The maximum absolute atomic E-state index is 2.59. The first kappa shape index (κ1) is 12.0. The Kier molecular flexibility index (Phi) is 5.54. The topological polar surface area (TPSA) is 3.24 Å². The van der Waals surface area contributed by atoms with Crippen LogP contribution in [-0.2, 0) is 0 Å². The number of rotatable bonds is 6. The first-order valence-corrected chi connectivity index (χ1v) is 6.49. The molecule has 0 N–H and O–H groups in total. The third-order valence-electron chi connectivity index (χ3n) is 3.71. The van der Waals surface area contributed by atoms with Crippen LogP contribution in [0.1, 0.15) is 58.8 Å². The molecule has 0 amide bonds. The molecule has 0 bridgehead atoms. The minimum Gasteiger partial charge on any atom is -0.303 e. The lowest BCUT2D eigenvalue weighted by atomic mass is 9.88. The first-order valence-electron chi connectivity index (χ1n) is 6.49. The second-order valence-electron chi connectivity index (χ2n) is 4.88. The summed E-state index contributed by atoms with van der Waals surface area (Å²) in [4.78, 5) is 2.59. The van der Waals surface area contributed by atoms with E-state index in [0.717, 1.165) is 12.0 Å². The van der Waals surface area contributed by atoms with Crippen LogP contribution in [0.25, 0.3) is 0 Å². The summed E-state index contributed by atoms with van der Waals surface area (Å²) in [5.74, 6) is 0.979. The molecule has 2 atom stereocenters. The van der Waals surface area contributed by atoms with Crippen molar-refractivity contribution in [2.45, 2.75) is 64.8 Å². The fraction of sp³-hybridized carbons (Fsp3) is 1.00. The highest BCUT2D eigenvalue weighted by Gasteiger charge is 2.27. The smallest absolute Gasteiger partial charge is 0.0121 e. The van der Waals surface area contributed by atoms with Gasteiger partial charge in [0.05, 0.1) is 0 Å². The van der Waals surface area contributed by atoms with Crippen molar-refractivity contribution in [2.75, 3.05) is 13.6 Å². The monoisotopic (exact) mass is 197 g/mol. The van der Waals surface area contributed by atoms with E-state index in [2.05, 4.69) is 25.8 Å². The van der Waals surface area contributed by atoms with Gasteiger partial charge >= 0.3 is 0 Å². The third kappa shape index (κ3) is 3.27. The normalized spacial score (nSPS) is 25.5. The van der Waals surface area contributed by atoms with Gasteiger partial charge in [0.1, 0.15) is 0 Å². The van der Waals surface area contributed by atoms with Gasteiger partial charge < -0.3 is 4.90 Å². The Morgan fingerprint density at radius 1 is 1.21 bits per heavy atom. The van der Waals surface area contributed by atoms with Crippen molar-refractivity contribution >= 4 is 0 Å². The molecule has 1 heteroatoms. The third-order valence-corrected chi connectivity index (χ3v) is 3.71. The molecule has 14 heavy (non-hydrogen) atoms. The fourth-order valence-electron chi connectivity index (χ4n) is 2.90. The van der Waals surface area contributed by atoms with E-state index in [-0.39, 0.29) is 0 Å². The summed E-state index contributed by atoms with van der Waals surface area (Å²) in [7, 11) is 2.31. The van der Waals surface area contributed by atoms with Crippen molar-refractivity contribution in [3.8, 4) is 0 Å². The Bertz CT molecular complexity index is 144. The zero-order chi connectivity index (χ0) is 10.4. The maximum Gasteiger partial charge on any atom is 0.0121 e. The number of unbranched alkanes of at least 4 members (excludes halogenated alkanes) is 1. The van der Waals surface area contributed by atoms with Crippen LogP contribution in [0.2, 0.25) is 0 Å². The standard InChI is InChI=1S/C13H27N/c1-4-6-9-12(8-5-2)13-10-7-11-14(13)3/h12-13H,4-11H2,1-3H3. The van der Waals surface area contributed by atoms with E-state index in [4.69, 9.17) is 0 Å². The Morgan fingerprint density at radius 3 is 2.50 bits per heavy atom. The van der Waals surface area contributed by atoms with Gasteiger partial charge in [0.15, 0.2) is 0 Å². The maximum atomic E-state index is 2.59. The summed E-state index contributed by atoms with van der Waals surface area (Å²) in [6, 6.07) is 0.904. The second kappa shape index (κ2) is 6.44. The van der Waals surface area contributed by atoms with Crippen LogP contribution < -0.4 is 0 Å². The first-order chi connectivity index (χ1) is 6.79. The Labute approximate surface area is 89.9 Å². The number of nitrogens with zero attached hydrogens (tertiary/aromatic N) is 1. The highest BCUT2D eigenvalue weighted by atomic mass is 15.1. The SMILES string of the molecule is CCCCC(CCC)C1CCCN1C. The van der Waals surface area contributed by atoms with Gasteiger partial charge in [-0.05, 0) is 45.2 Å². The van der Waals surface area contributed by atoms with Crippen molar-refractivity contribution in [3.05, 3.63) is 0 Å². The molecule has 0 aromatic heterocycles. The average Bonchev–Trinajstić information content (AvgIpc) is 2.59. The van der Waals surface area contributed by atoms with Crippen LogP contribution in [0.5, 0.6) is 0 Å². The van der Waals surface area contributed by atoms with E-state index in [1.807, 2.05) is 0 Å². The molecule has 1 aliphatic heterocycles. The largest absolute Gasteiger partial charge is 0.303 e. The van der Waals surface area contributed by atoms with Gasteiger partial charge in [-0.15, -0.1) is 0 Å². The lowest BCUT2D eigenvalue weighted by Gasteiger charge is -2.29. The lowest BCUT2D eigenvalue weighted by Crippen LogP contribution is -2.32. The Balaban J connectivity index is 2.39. The van der Waals surface area contributed by atoms with Gasteiger partial charge in [0.2, 0.25) is 0 Å². The molecule has 0 aromatic rings. The molecule has 1 heterocycles. The summed E-state index contributed by atoms with van der Waals surface area (Å²) in [5.41, 5.74) is 0. The van der Waals surface area contributed by atoms with Gasteiger partial charge in [-0.1, -0.05) is 33.1 Å². The predicted octanol–water partition coefficient (Wildman–Crippen LogP) is 3.69. The minimum absolute atomic E-state index is 0.904. The fourth-order valence-corrected chi connectivity index (χ4v) is 2.90. The molecule has 1 nitrogen and oxygen atoms in total. The summed E-state index contributed by atoms with van der Waals surface area (Å²) in [6.07, 6.45) is 9.91. The van der Waals surface area contributed by atoms with Crippen LogP contribution in [-0.4, -0.2) is 24.5 Å². The van der Waals surface area contributed by atoms with Crippen LogP contribution in [0.3, 0.4) is 0 Å². The minimum atomic E-state index is 0.904. The van der Waals surface area contributed by atoms with E-state index < -0.39 is 0 Å². The molecule has 1 fully saturated rings. The van der Waals surface area contributed by atoms with E-state index in [1.165, 1.54) is 51.5 Å². The van der Waals surface area contributed by atoms with Gasteiger partial charge in [-0.2, -0.15) is 0 Å². The molecule has 0 radical (unpaired) electrons. The van der Waals surface area contributed by atoms with E-state index in [9.17, 15) is 0 Å². The summed E-state index contributed by atoms with van der Waals surface area (Å²) < 4.78 is 0. The molecule has 84 valence electrons. The quantitative estimate of drug-likeness (QED) is 0.628. The van der Waals surface area contributed by atoms with Crippen molar-refractivity contribution < 1.29 is 0 Å². The molecular formula is C13H27N. The molecule has 1 saturated heterocycles. The molecule has 2 unspecified atom stereocenters. The van der Waals surface area contributed by atoms with E-state index >= 15 is 0 Å². The summed E-state index contributed by atoms with van der Waals surface area (Å²) in [5, 5.41) is 0. The van der Waals surface area contributed by atoms with Crippen molar-refractivity contribution in [1.82, 2.24) is 4.90 Å². The van der Waals surface area contributed by atoms with E-state index in [1.54, 1.807) is 0 Å². The average molecular weight is 197 g/mol. The second-order valence-corrected chi connectivity index (χ2v) is 4.88. The van der Waals surface area contributed by atoms with Gasteiger partial charge in [-0.25, -0.2) is 0 Å². The van der Waals surface area contributed by atoms with Crippen molar-refractivity contribution in [3.63, 3.8) is 0 Å². The van der Waals surface area contributed by atoms with Gasteiger partial charge in [0, 0.05) is 6.04 Å². The van der Waals surface area contributed by atoms with Crippen LogP contribution in [0.4, 0.5) is 0 Å². The Hall–Kier alpha value is -0.0400. The van der Waals surface area contributed by atoms with Crippen LogP contribution >= 0.6 is 0 Å². The number of hydrogen-bond donors (Lipinski definition) is 0.